The zero-order chi connectivity index (χ0) is 15.5. The van der Waals surface area contributed by atoms with Gasteiger partial charge in [-0.3, -0.25) is 0 Å². The molecule has 0 saturated carbocycles. The molecule has 0 aliphatic heterocycles. The summed E-state index contributed by atoms with van der Waals surface area (Å²) in [6.07, 6.45) is 3.71. The largest absolute Gasteiger partial charge is 0.384 e. The van der Waals surface area contributed by atoms with Crippen LogP contribution in [-0.2, 0) is 12.8 Å². The fraction of sp³-hybridized carbons (Fsp3) is 0.222. The molecule has 0 atom stereocenters. The number of aromatic nitrogens is 2. The lowest BCUT2D eigenvalue weighted by atomic mass is 10.0. The molecule has 0 fully saturated rings. The van der Waals surface area contributed by atoms with Crippen molar-refractivity contribution in [2.45, 2.75) is 26.7 Å². The summed E-state index contributed by atoms with van der Waals surface area (Å²) >= 11 is 1.74. The number of pyridine rings is 1. The summed E-state index contributed by atoms with van der Waals surface area (Å²) in [6, 6.07) is 12.5. The highest BCUT2D eigenvalue weighted by Crippen LogP contribution is 2.37. The number of rotatable bonds is 4. The fourth-order valence-corrected chi connectivity index (χ4v) is 3.46. The Morgan fingerprint density at radius 3 is 2.64 bits per heavy atom. The minimum absolute atomic E-state index is 0.539. The van der Waals surface area contributed by atoms with Gasteiger partial charge in [-0.05, 0) is 42.2 Å². The Morgan fingerprint density at radius 1 is 1.05 bits per heavy atom. The number of hydrogen-bond donors (Lipinski definition) is 1. The van der Waals surface area contributed by atoms with Crippen molar-refractivity contribution in [2.75, 3.05) is 5.73 Å². The Bertz CT molecular complexity index is 793. The van der Waals surface area contributed by atoms with Crippen molar-refractivity contribution >= 4 is 17.2 Å². The summed E-state index contributed by atoms with van der Waals surface area (Å²) in [7, 11) is 0. The first-order chi connectivity index (χ1) is 10.7. The van der Waals surface area contributed by atoms with Crippen LogP contribution in [0.15, 0.2) is 42.6 Å². The van der Waals surface area contributed by atoms with Gasteiger partial charge in [0.1, 0.15) is 5.82 Å². The van der Waals surface area contributed by atoms with E-state index in [0.29, 0.717) is 5.82 Å². The molecule has 0 radical (unpaired) electrons. The van der Waals surface area contributed by atoms with Crippen LogP contribution in [0.25, 0.3) is 21.7 Å². The highest BCUT2D eigenvalue weighted by molar-refractivity contribution is 7.15. The van der Waals surface area contributed by atoms with Crippen LogP contribution in [0, 0.1) is 0 Å². The van der Waals surface area contributed by atoms with E-state index in [9.17, 15) is 0 Å². The van der Waals surface area contributed by atoms with Crippen molar-refractivity contribution in [1.82, 2.24) is 9.97 Å². The van der Waals surface area contributed by atoms with Gasteiger partial charge in [-0.2, -0.15) is 0 Å². The van der Waals surface area contributed by atoms with Crippen LogP contribution in [-0.4, -0.2) is 9.97 Å². The standard InChI is InChI=1S/C18H19N3S/c1-3-12-6-5-7-13(10-12)17-18(22-16(4-2)21-17)14-8-9-20-15(19)11-14/h5-11H,3-4H2,1-2H3,(H2,19,20). The normalized spacial score (nSPS) is 10.8. The molecule has 0 amide bonds. The molecular weight excluding hydrogens is 290 g/mol. The van der Waals surface area contributed by atoms with Crippen LogP contribution in [0.4, 0.5) is 5.82 Å². The Balaban J connectivity index is 2.16. The number of hydrogen-bond acceptors (Lipinski definition) is 4. The minimum Gasteiger partial charge on any atom is -0.384 e. The fourth-order valence-electron chi connectivity index (χ4n) is 2.44. The van der Waals surface area contributed by atoms with E-state index < -0.39 is 0 Å². The van der Waals surface area contributed by atoms with Crippen LogP contribution in [0.5, 0.6) is 0 Å². The second-order valence-corrected chi connectivity index (χ2v) is 6.25. The van der Waals surface area contributed by atoms with Gasteiger partial charge in [0.05, 0.1) is 15.6 Å². The number of nitrogens with zero attached hydrogens (tertiary/aromatic N) is 2. The van der Waals surface area contributed by atoms with E-state index in [1.54, 1.807) is 17.5 Å². The maximum absolute atomic E-state index is 5.84. The number of aryl methyl sites for hydroxylation is 2. The van der Waals surface area contributed by atoms with E-state index in [1.807, 2.05) is 12.1 Å². The summed E-state index contributed by atoms with van der Waals surface area (Å²) < 4.78 is 0. The number of anilines is 1. The Labute approximate surface area is 134 Å². The lowest BCUT2D eigenvalue weighted by molar-refractivity contribution is 1.09. The van der Waals surface area contributed by atoms with Crippen molar-refractivity contribution in [3.05, 3.63) is 53.2 Å². The molecule has 3 aromatic rings. The van der Waals surface area contributed by atoms with Crippen LogP contribution in [0.3, 0.4) is 0 Å². The molecule has 3 rings (SSSR count). The molecule has 0 saturated heterocycles. The highest BCUT2D eigenvalue weighted by atomic mass is 32.1. The van der Waals surface area contributed by atoms with E-state index in [-0.39, 0.29) is 0 Å². The van der Waals surface area contributed by atoms with Crippen molar-refractivity contribution in [3.63, 3.8) is 0 Å². The van der Waals surface area contributed by atoms with E-state index >= 15 is 0 Å². The predicted octanol–water partition coefficient (Wildman–Crippen LogP) is 4.58. The van der Waals surface area contributed by atoms with E-state index in [4.69, 9.17) is 10.7 Å². The first kappa shape index (κ1) is 14.7. The summed E-state index contributed by atoms with van der Waals surface area (Å²) in [4.78, 5) is 10.1. The van der Waals surface area contributed by atoms with Crippen molar-refractivity contribution in [2.24, 2.45) is 0 Å². The van der Waals surface area contributed by atoms with Crippen molar-refractivity contribution < 1.29 is 0 Å². The first-order valence-corrected chi connectivity index (χ1v) is 8.33. The maximum atomic E-state index is 5.84. The lowest BCUT2D eigenvalue weighted by Gasteiger charge is -2.05. The Kier molecular flexibility index (Phi) is 4.20. The molecule has 1 aromatic carbocycles. The monoisotopic (exact) mass is 309 g/mol. The van der Waals surface area contributed by atoms with Gasteiger partial charge < -0.3 is 5.73 Å². The third-order valence-electron chi connectivity index (χ3n) is 3.63. The highest BCUT2D eigenvalue weighted by Gasteiger charge is 2.15. The van der Waals surface area contributed by atoms with Gasteiger partial charge in [0.2, 0.25) is 0 Å². The van der Waals surface area contributed by atoms with Crippen LogP contribution < -0.4 is 5.73 Å². The maximum Gasteiger partial charge on any atom is 0.123 e. The number of thiazole rings is 1. The van der Waals surface area contributed by atoms with E-state index in [0.717, 1.165) is 29.1 Å². The van der Waals surface area contributed by atoms with Gasteiger partial charge in [0.25, 0.3) is 0 Å². The van der Waals surface area contributed by atoms with Gasteiger partial charge in [0, 0.05) is 11.8 Å². The molecule has 22 heavy (non-hydrogen) atoms. The summed E-state index contributed by atoms with van der Waals surface area (Å²) in [5.74, 6) is 0.539. The summed E-state index contributed by atoms with van der Waals surface area (Å²) in [5.41, 5.74) is 10.5. The molecule has 0 unspecified atom stereocenters. The molecule has 2 aromatic heterocycles. The molecule has 0 aliphatic rings. The molecule has 2 heterocycles. The molecule has 3 nitrogen and oxygen atoms in total. The third kappa shape index (κ3) is 2.88. The van der Waals surface area contributed by atoms with E-state index in [1.165, 1.54) is 16.0 Å². The molecule has 2 N–H and O–H groups in total. The summed E-state index contributed by atoms with van der Waals surface area (Å²) in [6.45, 7) is 4.30. The Hall–Kier alpha value is -2.20. The second-order valence-electron chi connectivity index (χ2n) is 5.16. The Morgan fingerprint density at radius 2 is 1.91 bits per heavy atom. The number of nitrogens with two attached hydrogens (primary N) is 1. The first-order valence-electron chi connectivity index (χ1n) is 7.52. The van der Waals surface area contributed by atoms with Gasteiger partial charge in [-0.15, -0.1) is 11.3 Å². The average Bonchev–Trinajstić information content (AvgIpc) is 2.99. The van der Waals surface area contributed by atoms with Gasteiger partial charge in [-0.1, -0.05) is 32.0 Å². The topological polar surface area (TPSA) is 51.8 Å². The predicted molar refractivity (Wildman–Crippen MR) is 93.9 cm³/mol. The number of benzene rings is 1. The van der Waals surface area contributed by atoms with Gasteiger partial charge in [-0.25, -0.2) is 9.97 Å². The average molecular weight is 309 g/mol. The number of nitrogen functional groups attached to an aromatic ring is 1. The quantitative estimate of drug-likeness (QED) is 0.767. The van der Waals surface area contributed by atoms with Gasteiger partial charge in [0.15, 0.2) is 0 Å². The molecule has 4 heteroatoms. The van der Waals surface area contributed by atoms with Gasteiger partial charge >= 0.3 is 0 Å². The molecule has 0 bridgehead atoms. The van der Waals surface area contributed by atoms with Crippen LogP contribution in [0.1, 0.15) is 24.4 Å². The van der Waals surface area contributed by atoms with Crippen LogP contribution >= 0.6 is 11.3 Å². The summed E-state index contributed by atoms with van der Waals surface area (Å²) in [5, 5.41) is 1.14. The molecule has 0 spiro atoms. The zero-order valence-corrected chi connectivity index (χ0v) is 13.7. The van der Waals surface area contributed by atoms with Crippen LogP contribution in [0.2, 0.25) is 0 Å². The minimum atomic E-state index is 0.539. The van der Waals surface area contributed by atoms with Crippen molar-refractivity contribution in [3.8, 4) is 21.7 Å². The molecule has 112 valence electrons. The van der Waals surface area contributed by atoms with E-state index in [2.05, 4.69) is 43.1 Å². The smallest absolute Gasteiger partial charge is 0.123 e. The second kappa shape index (κ2) is 6.28. The zero-order valence-electron chi connectivity index (χ0n) is 12.8. The molecule has 0 aliphatic carbocycles. The third-order valence-corrected chi connectivity index (χ3v) is 4.87. The molecular formula is C18H19N3S. The lowest BCUT2D eigenvalue weighted by Crippen LogP contribution is -1.90. The SMILES string of the molecule is CCc1cccc(-c2nc(CC)sc2-c2ccnc(N)c2)c1. The van der Waals surface area contributed by atoms with Crippen molar-refractivity contribution in [1.29, 1.82) is 0 Å².